The first-order valence-electron chi connectivity index (χ1n) is 11.8. The molecule has 4 aromatic carbocycles. The number of aryl methyl sites for hydroxylation is 1. The van der Waals surface area contributed by atoms with Crippen LogP contribution in [0.3, 0.4) is 0 Å². The monoisotopic (exact) mass is 497 g/mol. The molecule has 0 fully saturated rings. The summed E-state index contributed by atoms with van der Waals surface area (Å²) in [6.07, 6.45) is 1.00. The topological polar surface area (TPSA) is 78.5 Å². The van der Waals surface area contributed by atoms with E-state index >= 15 is 0 Å². The van der Waals surface area contributed by atoms with E-state index in [2.05, 4.69) is 39.2 Å². The van der Waals surface area contributed by atoms with Gasteiger partial charge >= 0.3 is 0 Å². The molecule has 0 aliphatic carbocycles. The van der Waals surface area contributed by atoms with Crippen molar-refractivity contribution < 1.29 is 13.2 Å². The fourth-order valence-electron chi connectivity index (χ4n) is 4.36. The maximum absolute atomic E-state index is 12.9. The van der Waals surface area contributed by atoms with Gasteiger partial charge in [0.15, 0.2) is 0 Å². The summed E-state index contributed by atoms with van der Waals surface area (Å²) in [4.78, 5) is 15.4. The van der Waals surface area contributed by atoms with Crippen molar-refractivity contribution in [1.29, 1.82) is 0 Å². The van der Waals surface area contributed by atoms with Crippen molar-refractivity contribution in [2.24, 2.45) is 0 Å². The van der Waals surface area contributed by atoms with E-state index in [0.717, 1.165) is 30.8 Å². The van der Waals surface area contributed by atoms with E-state index < -0.39 is 10.0 Å². The zero-order valence-electron chi connectivity index (χ0n) is 19.9. The minimum absolute atomic E-state index is 0.177. The van der Waals surface area contributed by atoms with E-state index in [-0.39, 0.29) is 10.8 Å². The van der Waals surface area contributed by atoms with Crippen LogP contribution in [0.25, 0.3) is 0 Å². The first-order chi connectivity index (χ1) is 17.4. The Labute approximate surface area is 211 Å². The number of nitrogens with one attached hydrogen (secondary N) is 2. The van der Waals surface area contributed by atoms with Crippen LogP contribution in [0.5, 0.6) is 0 Å². The third-order valence-electron chi connectivity index (χ3n) is 6.42. The van der Waals surface area contributed by atoms with Gasteiger partial charge in [-0.3, -0.25) is 9.52 Å². The van der Waals surface area contributed by atoms with Gasteiger partial charge in [-0.25, -0.2) is 8.42 Å². The van der Waals surface area contributed by atoms with Gasteiger partial charge in [-0.2, -0.15) is 0 Å². The molecular formula is C29H27N3O3S. The molecule has 0 unspecified atom stereocenters. The summed E-state index contributed by atoms with van der Waals surface area (Å²) in [5.74, 6) is -0.258. The van der Waals surface area contributed by atoms with Crippen LogP contribution in [0.4, 0.5) is 17.1 Å². The van der Waals surface area contributed by atoms with Crippen LogP contribution in [0.1, 0.15) is 27.0 Å². The van der Waals surface area contributed by atoms with Crippen molar-refractivity contribution >= 4 is 33.0 Å². The largest absolute Gasteiger partial charge is 0.367 e. The minimum Gasteiger partial charge on any atom is -0.367 e. The minimum atomic E-state index is -3.73. The molecule has 5 rings (SSSR count). The van der Waals surface area contributed by atoms with Crippen molar-refractivity contribution in [3.63, 3.8) is 0 Å². The number of nitrogens with zero attached hydrogens (tertiary/aromatic N) is 1. The number of rotatable bonds is 6. The van der Waals surface area contributed by atoms with Crippen LogP contribution in [0.15, 0.2) is 102 Å². The van der Waals surface area contributed by atoms with E-state index in [9.17, 15) is 13.2 Å². The highest BCUT2D eigenvalue weighted by Gasteiger charge is 2.18. The average Bonchev–Trinajstić information content (AvgIpc) is 2.91. The summed E-state index contributed by atoms with van der Waals surface area (Å²) in [5.41, 5.74) is 6.01. The number of anilines is 3. The van der Waals surface area contributed by atoms with Gasteiger partial charge in [-0.1, -0.05) is 48.5 Å². The van der Waals surface area contributed by atoms with Crippen LogP contribution >= 0.6 is 0 Å². The standard InChI is InChI=1S/C29H27N3O3S/c1-21-11-14-25(19-28(21)31-36(34,35)27-9-3-2-4-10-27)30-29(33)23-12-15-26(16-13-23)32-18-17-22-7-5-6-8-24(22)20-32/h2-16,19,31H,17-18,20H2,1H3,(H,30,33). The van der Waals surface area contributed by atoms with Gasteiger partial charge in [0.2, 0.25) is 0 Å². The number of hydrogen-bond acceptors (Lipinski definition) is 4. The Morgan fingerprint density at radius 1 is 0.833 bits per heavy atom. The van der Waals surface area contributed by atoms with Crippen LogP contribution < -0.4 is 14.9 Å². The molecule has 36 heavy (non-hydrogen) atoms. The molecule has 0 atom stereocenters. The second kappa shape index (κ2) is 9.87. The molecule has 1 aliphatic rings. The highest BCUT2D eigenvalue weighted by atomic mass is 32.2. The van der Waals surface area contributed by atoms with E-state index in [4.69, 9.17) is 0 Å². The van der Waals surface area contributed by atoms with Gasteiger partial charge in [0.1, 0.15) is 0 Å². The number of amides is 1. The van der Waals surface area contributed by atoms with Gasteiger partial charge in [0, 0.05) is 30.0 Å². The molecule has 0 bridgehead atoms. The van der Waals surface area contributed by atoms with Crippen molar-refractivity contribution in [3.05, 3.63) is 119 Å². The van der Waals surface area contributed by atoms with Crippen LogP contribution in [0.2, 0.25) is 0 Å². The molecule has 0 radical (unpaired) electrons. The van der Waals surface area contributed by atoms with Crippen LogP contribution in [-0.2, 0) is 23.0 Å². The fourth-order valence-corrected chi connectivity index (χ4v) is 5.50. The normalized spacial score (nSPS) is 13.1. The second-order valence-corrected chi connectivity index (χ2v) is 10.6. The summed E-state index contributed by atoms with van der Waals surface area (Å²) in [6, 6.07) is 29.4. The first kappa shape index (κ1) is 23.6. The van der Waals surface area contributed by atoms with E-state index in [1.807, 2.05) is 31.2 Å². The smallest absolute Gasteiger partial charge is 0.261 e. The maximum Gasteiger partial charge on any atom is 0.261 e. The number of carbonyl (C=O) groups is 1. The molecule has 0 aromatic heterocycles. The Kier molecular flexibility index (Phi) is 6.48. The van der Waals surface area contributed by atoms with E-state index in [1.54, 1.807) is 36.4 Å². The number of fused-ring (bicyclic) bond motifs is 1. The maximum atomic E-state index is 12.9. The lowest BCUT2D eigenvalue weighted by atomic mass is 9.99. The van der Waals surface area contributed by atoms with Crippen molar-refractivity contribution in [3.8, 4) is 0 Å². The Morgan fingerprint density at radius 3 is 2.28 bits per heavy atom. The first-order valence-corrected chi connectivity index (χ1v) is 13.3. The molecule has 182 valence electrons. The SMILES string of the molecule is Cc1ccc(NC(=O)c2ccc(N3CCc4ccccc4C3)cc2)cc1NS(=O)(=O)c1ccccc1. The quantitative estimate of drug-likeness (QED) is 0.363. The fraction of sp³-hybridized carbons (Fsp3) is 0.138. The lowest BCUT2D eigenvalue weighted by Gasteiger charge is -2.30. The molecule has 0 saturated carbocycles. The zero-order valence-corrected chi connectivity index (χ0v) is 20.8. The summed E-state index contributed by atoms with van der Waals surface area (Å²) in [6.45, 7) is 3.60. The van der Waals surface area contributed by atoms with Gasteiger partial charge in [-0.05, 0) is 78.6 Å². The molecule has 1 aliphatic heterocycles. The molecule has 2 N–H and O–H groups in total. The van der Waals surface area contributed by atoms with Gasteiger partial charge in [0.05, 0.1) is 10.6 Å². The highest BCUT2D eigenvalue weighted by molar-refractivity contribution is 7.92. The molecule has 1 heterocycles. The Hall–Kier alpha value is -4.10. The predicted molar refractivity (Wildman–Crippen MR) is 144 cm³/mol. The number of hydrogen-bond donors (Lipinski definition) is 2. The number of sulfonamides is 1. The summed E-state index contributed by atoms with van der Waals surface area (Å²) < 4.78 is 28.1. The molecule has 0 spiro atoms. The molecular weight excluding hydrogens is 470 g/mol. The highest BCUT2D eigenvalue weighted by Crippen LogP contribution is 2.26. The third-order valence-corrected chi connectivity index (χ3v) is 7.80. The number of benzene rings is 4. The van der Waals surface area contributed by atoms with Gasteiger partial charge in [0.25, 0.3) is 15.9 Å². The molecule has 4 aromatic rings. The molecule has 1 amide bonds. The lowest BCUT2D eigenvalue weighted by molar-refractivity contribution is 0.102. The third kappa shape index (κ3) is 5.11. The molecule has 0 saturated heterocycles. The van der Waals surface area contributed by atoms with E-state index in [0.29, 0.717) is 16.9 Å². The Morgan fingerprint density at radius 2 is 1.53 bits per heavy atom. The average molecular weight is 498 g/mol. The lowest BCUT2D eigenvalue weighted by Crippen LogP contribution is -2.30. The molecule has 7 heteroatoms. The Balaban J connectivity index is 1.27. The van der Waals surface area contributed by atoms with Crippen molar-refractivity contribution in [2.75, 3.05) is 21.5 Å². The van der Waals surface area contributed by atoms with Crippen LogP contribution in [0, 0.1) is 6.92 Å². The predicted octanol–water partition coefficient (Wildman–Crippen LogP) is 5.61. The van der Waals surface area contributed by atoms with Crippen molar-refractivity contribution in [2.45, 2.75) is 24.8 Å². The Bertz CT molecular complexity index is 1500. The van der Waals surface area contributed by atoms with Crippen LogP contribution in [-0.4, -0.2) is 20.9 Å². The van der Waals surface area contributed by atoms with Gasteiger partial charge in [-0.15, -0.1) is 0 Å². The summed E-state index contributed by atoms with van der Waals surface area (Å²) in [7, 11) is -3.73. The molecule has 6 nitrogen and oxygen atoms in total. The second-order valence-electron chi connectivity index (χ2n) is 8.89. The summed E-state index contributed by atoms with van der Waals surface area (Å²) >= 11 is 0. The van der Waals surface area contributed by atoms with Gasteiger partial charge < -0.3 is 10.2 Å². The van der Waals surface area contributed by atoms with Crippen molar-refractivity contribution in [1.82, 2.24) is 0 Å². The summed E-state index contributed by atoms with van der Waals surface area (Å²) in [5, 5.41) is 2.88. The van der Waals surface area contributed by atoms with E-state index in [1.165, 1.54) is 23.3 Å². The number of carbonyl (C=O) groups excluding carboxylic acids is 1. The zero-order chi connectivity index (χ0) is 25.1.